The van der Waals surface area contributed by atoms with Gasteiger partial charge in [0.05, 0.1) is 6.54 Å². The Hall–Kier alpha value is -2.01. The summed E-state index contributed by atoms with van der Waals surface area (Å²) in [4.78, 5) is 12.9. The number of anilines is 2. The molecule has 0 spiro atoms. The molecule has 0 aliphatic rings. The van der Waals surface area contributed by atoms with E-state index < -0.39 is 0 Å². The molecule has 0 saturated heterocycles. The third-order valence-corrected chi connectivity index (χ3v) is 3.99. The number of aryl methyl sites for hydroxylation is 1. The van der Waals surface area contributed by atoms with Gasteiger partial charge in [0.15, 0.2) is 0 Å². The Labute approximate surface area is 123 Å². The van der Waals surface area contributed by atoms with Crippen molar-refractivity contribution >= 4 is 28.6 Å². The molecule has 0 aliphatic carbocycles. The van der Waals surface area contributed by atoms with Crippen LogP contribution < -0.4 is 16.4 Å². The van der Waals surface area contributed by atoms with Crippen molar-refractivity contribution in [3.63, 3.8) is 0 Å². The molecule has 2 rings (SSSR count). The zero-order chi connectivity index (χ0) is 14.5. The molecule has 0 atom stereocenters. The van der Waals surface area contributed by atoms with Crippen molar-refractivity contribution in [2.45, 2.75) is 20.4 Å². The molecule has 0 fully saturated rings. The molecule has 4 N–H and O–H groups in total. The van der Waals surface area contributed by atoms with Crippen LogP contribution in [0.3, 0.4) is 0 Å². The average molecular weight is 289 g/mol. The number of nitrogens with two attached hydrogens (primary N) is 1. The molecule has 0 bridgehead atoms. The molecule has 5 heteroatoms. The molecule has 106 valence electrons. The van der Waals surface area contributed by atoms with Crippen LogP contribution in [0.25, 0.3) is 0 Å². The number of hydrogen-bond acceptors (Lipinski definition) is 4. The predicted molar refractivity (Wildman–Crippen MR) is 85.2 cm³/mol. The Kier molecular flexibility index (Phi) is 4.63. The number of nitrogens with one attached hydrogen (secondary N) is 2. The number of benzene rings is 1. The largest absolute Gasteiger partial charge is 0.398 e. The maximum atomic E-state index is 11.8. The van der Waals surface area contributed by atoms with Crippen LogP contribution in [0.4, 0.5) is 11.4 Å². The van der Waals surface area contributed by atoms with Crippen LogP contribution in [0.5, 0.6) is 0 Å². The molecule has 0 aliphatic heterocycles. The maximum absolute atomic E-state index is 11.8. The molecule has 0 saturated carbocycles. The highest BCUT2D eigenvalue weighted by Crippen LogP contribution is 2.22. The lowest BCUT2D eigenvalue weighted by Crippen LogP contribution is -2.22. The summed E-state index contributed by atoms with van der Waals surface area (Å²) in [5.41, 5.74) is 9.40. The van der Waals surface area contributed by atoms with Gasteiger partial charge >= 0.3 is 0 Å². The number of thiophene rings is 1. The summed E-state index contributed by atoms with van der Waals surface area (Å²) in [6.45, 7) is 5.22. The van der Waals surface area contributed by atoms with E-state index in [9.17, 15) is 4.79 Å². The smallest absolute Gasteiger partial charge is 0.251 e. The first-order valence-electron chi connectivity index (χ1n) is 6.56. The minimum Gasteiger partial charge on any atom is -0.398 e. The second kappa shape index (κ2) is 6.43. The lowest BCUT2D eigenvalue weighted by Gasteiger charge is -2.11. The summed E-state index contributed by atoms with van der Waals surface area (Å²) in [5.74, 6) is -0.0498. The van der Waals surface area contributed by atoms with Crippen molar-refractivity contribution in [1.29, 1.82) is 0 Å². The Balaban J connectivity index is 2.12. The van der Waals surface area contributed by atoms with Crippen LogP contribution >= 0.6 is 11.3 Å². The summed E-state index contributed by atoms with van der Waals surface area (Å²) < 4.78 is 0. The molecule has 2 aromatic rings. The van der Waals surface area contributed by atoms with Gasteiger partial charge in [-0.15, -0.1) is 11.3 Å². The Morgan fingerprint density at radius 2 is 2.15 bits per heavy atom. The number of amides is 1. The summed E-state index contributed by atoms with van der Waals surface area (Å²) in [7, 11) is 0. The standard InChI is InChI=1S/C15H19N3OS/c1-3-17-15(19)11-5-4-10(2)13(8-11)18-9-14-12(16)6-7-20-14/h4-8,18H,3,9,16H2,1-2H3,(H,17,19). The van der Waals surface area contributed by atoms with Crippen molar-refractivity contribution in [2.75, 3.05) is 17.6 Å². The Morgan fingerprint density at radius 1 is 1.35 bits per heavy atom. The first kappa shape index (κ1) is 14.4. The van der Waals surface area contributed by atoms with Gasteiger partial charge in [-0.1, -0.05) is 6.07 Å². The molecule has 4 nitrogen and oxygen atoms in total. The predicted octanol–water partition coefficient (Wildman–Crippen LogP) is 3.00. The van der Waals surface area contributed by atoms with Crippen molar-refractivity contribution in [3.05, 3.63) is 45.6 Å². The van der Waals surface area contributed by atoms with E-state index >= 15 is 0 Å². The molecular weight excluding hydrogens is 270 g/mol. The highest BCUT2D eigenvalue weighted by molar-refractivity contribution is 7.10. The van der Waals surface area contributed by atoms with Gasteiger partial charge in [-0.25, -0.2) is 0 Å². The van der Waals surface area contributed by atoms with E-state index in [0.29, 0.717) is 18.7 Å². The zero-order valence-corrected chi connectivity index (χ0v) is 12.5. The first-order valence-corrected chi connectivity index (χ1v) is 7.44. The van der Waals surface area contributed by atoms with Gasteiger partial charge in [-0.05, 0) is 43.0 Å². The SMILES string of the molecule is CCNC(=O)c1ccc(C)c(NCc2sccc2N)c1. The third-order valence-electron chi connectivity index (χ3n) is 3.06. The molecule has 1 aromatic carbocycles. The van der Waals surface area contributed by atoms with E-state index in [-0.39, 0.29) is 5.91 Å². The van der Waals surface area contributed by atoms with Crippen molar-refractivity contribution < 1.29 is 4.79 Å². The number of hydrogen-bond donors (Lipinski definition) is 3. The molecule has 0 radical (unpaired) electrons. The molecule has 1 amide bonds. The molecule has 1 aromatic heterocycles. The van der Waals surface area contributed by atoms with Gasteiger partial charge in [0, 0.05) is 28.4 Å². The number of carbonyl (C=O) groups is 1. The van der Waals surface area contributed by atoms with Crippen LogP contribution in [0.2, 0.25) is 0 Å². The summed E-state index contributed by atoms with van der Waals surface area (Å²) >= 11 is 1.63. The van der Waals surface area contributed by atoms with E-state index in [1.807, 2.05) is 43.5 Å². The maximum Gasteiger partial charge on any atom is 0.251 e. The lowest BCUT2D eigenvalue weighted by molar-refractivity contribution is 0.0956. The van der Waals surface area contributed by atoms with Gasteiger partial charge in [0.1, 0.15) is 0 Å². The first-order chi connectivity index (χ1) is 9.61. The highest BCUT2D eigenvalue weighted by atomic mass is 32.1. The fourth-order valence-corrected chi connectivity index (χ4v) is 2.62. The van der Waals surface area contributed by atoms with Crippen LogP contribution in [0.15, 0.2) is 29.6 Å². The van der Waals surface area contributed by atoms with E-state index in [0.717, 1.165) is 21.8 Å². The van der Waals surface area contributed by atoms with Crippen LogP contribution in [-0.4, -0.2) is 12.5 Å². The molecule has 0 unspecified atom stereocenters. The Bertz CT molecular complexity index is 607. The molecule has 1 heterocycles. The highest BCUT2D eigenvalue weighted by Gasteiger charge is 2.08. The quantitative estimate of drug-likeness (QED) is 0.792. The van der Waals surface area contributed by atoms with Crippen LogP contribution in [0.1, 0.15) is 27.7 Å². The van der Waals surface area contributed by atoms with Crippen LogP contribution in [-0.2, 0) is 6.54 Å². The van der Waals surface area contributed by atoms with Crippen LogP contribution in [0, 0.1) is 6.92 Å². The van der Waals surface area contributed by atoms with Gasteiger partial charge in [0.25, 0.3) is 5.91 Å². The number of carbonyl (C=O) groups excluding carboxylic acids is 1. The molecule has 20 heavy (non-hydrogen) atoms. The van der Waals surface area contributed by atoms with E-state index in [1.165, 1.54) is 0 Å². The van der Waals surface area contributed by atoms with Gasteiger partial charge in [-0.3, -0.25) is 4.79 Å². The van der Waals surface area contributed by atoms with E-state index in [2.05, 4.69) is 10.6 Å². The Morgan fingerprint density at radius 3 is 2.80 bits per heavy atom. The van der Waals surface area contributed by atoms with Gasteiger partial charge in [-0.2, -0.15) is 0 Å². The van der Waals surface area contributed by atoms with Gasteiger partial charge < -0.3 is 16.4 Å². The van der Waals surface area contributed by atoms with Crippen molar-refractivity contribution in [1.82, 2.24) is 5.32 Å². The van der Waals surface area contributed by atoms with Crippen molar-refractivity contribution in [2.24, 2.45) is 0 Å². The van der Waals surface area contributed by atoms with Gasteiger partial charge in [0.2, 0.25) is 0 Å². The molecular formula is C15H19N3OS. The lowest BCUT2D eigenvalue weighted by atomic mass is 10.1. The fourth-order valence-electron chi connectivity index (χ4n) is 1.89. The van der Waals surface area contributed by atoms with E-state index in [4.69, 9.17) is 5.73 Å². The summed E-state index contributed by atoms with van der Waals surface area (Å²) in [6.07, 6.45) is 0. The second-order valence-electron chi connectivity index (χ2n) is 4.54. The summed E-state index contributed by atoms with van der Waals surface area (Å²) in [6, 6.07) is 7.57. The topological polar surface area (TPSA) is 67.2 Å². The van der Waals surface area contributed by atoms with Crippen molar-refractivity contribution in [3.8, 4) is 0 Å². The minimum atomic E-state index is -0.0498. The average Bonchev–Trinajstić information content (AvgIpc) is 2.83. The normalized spacial score (nSPS) is 10.3. The fraction of sp³-hybridized carbons (Fsp3) is 0.267. The van der Waals surface area contributed by atoms with E-state index in [1.54, 1.807) is 11.3 Å². The minimum absolute atomic E-state index is 0.0498. The number of rotatable bonds is 5. The number of nitrogen functional groups attached to an aromatic ring is 1. The third kappa shape index (κ3) is 3.30. The monoisotopic (exact) mass is 289 g/mol. The zero-order valence-electron chi connectivity index (χ0n) is 11.7. The summed E-state index contributed by atoms with van der Waals surface area (Å²) in [5, 5.41) is 8.12. The second-order valence-corrected chi connectivity index (χ2v) is 5.54.